The van der Waals surface area contributed by atoms with Gasteiger partial charge in [-0.15, -0.1) is 0 Å². The number of phenolic OH excluding ortho intramolecular Hbond substituents is 1. The predicted octanol–water partition coefficient (Wildman–Crippen LogP) is 1.10. The monoisotopic (exact) mass is 317 g/mol. The molecule has 0 saturated heterocycles. The lowest BCUT2D eigenvalue weighted by Gasteiger charge is -2.11. The molecular formula is C11H9ClFN3O3S. The molecule has 2 rings (SSSR count). The van der Waals surface area contributed by atoms with Crippen LogP contribution in [0.3, 0.4) is 0 Å². The van der Waals surface area contributed by atoms with Crippen LogP contribution < -0.4 is 11.4 Å². The molecule has 0 amide bonds. The van der Waals surface area contributed by atoms with Crippen molar-refractivity contribution in [1.29, 1.82) is 0 Å². The highest BCUT2D eigenvalue weighted by atomic mass is 35.5. The smallest absolute Gasteiger partial charge is 0.338 e. The fourth-order valence-corrected chi connectivity index (χ4v) is 1.98. The minimum absolute atomic E-state index is 0.00477. The highest BCUT2D eigenvalue weighted by Crippen LogP contribution is 2.27. The zero-order valence-corrected chi connectivity index (χ0v) is 12.0. The summed E-state index contributed by atoms with van der Waals surface area (Å²) < 4.78 is 16.5. The Hall–Kier alpha value is -1.93. The van der Waals surface area contributed by atoms with Gasteiger partial charge in [0, 0.05) is 20.2 Å². The van der Waals surface area contributed by atoms with E-state index in [1.807, 2.05) is 0 Å². The van der Waals surface area contributed by atoms with E-state index >= 15 is 0 Å². The second kappa shape index (κ2) is 4.88. The Morgan fingerprint density at radius 1 is 1.20 bits per heavy atom. The van der Waals surface area contributed by atoms with Crippen LogP contribution in [0, 0.1) is 10.6 Å². The van der Waals surface area contributed by atoms with E-state index in [1.54, 1.807) is 0 Å². The molecule has 0 fully saturated rings. The van der Waals surface area contributed by atoms with E-state index in [9.17, 15) is 19.1 Å². The van der Waals surface area contributed by atoms with E-state index in [-0.39, 0.29) is 9.79 Å². The van der Waals surface area contributed by atoms with Gasteiger partial charge in [0.2, 0.25) is 0 Å². The number of phenols is 1. The molecule has 0 aliphatic heterocycles. The molecule has 1 heterocycles. The average molecular weight is 318 g/mol. The second-order valence-corrected chi connectivity index (χ2v) is 4.83. The zero-order valence-electron chi connectivity index (χ0n) is 10.4. The molecule has 20 heavy (non-hydrogen) atoms. The summed E-state index contributed by atoms with van der Waals surface area (Å²) in [5.74, 6) is -1.36. The summed E-state index contributed by atoms with van der Waals surface area (Å²) in [6.07, 6.45) is 0. The van der Waals surface area contributed by atoms with Gasteiger partial charge >= 0.3 is 11.4 Å². The first kappa shape index (κ1) is 14.5. The molecule has 1 aromatic heterocycles. The van der Waals surface area contributed by atoms with Crippen molar-refractivity contribution in [3.63, 3.8) is 0 Å². The normalized spacial score (nSPS) is 10.8. The van der Waals surface area contributed by atoms with Gasteiger partial charge in [-0.2, -0.15) is 0 Å². The average Bonchev–Trinajstić information content (AvgIpc) is 2.40. The maximum atomic E-state index is 13.9. The van der Waals surface area contributed by atoms with E-state index in [1.165, 1.54) is 14.1 Å². The number of benzene rings is 1. The number of halogens is 2. The van der Waals surface area contributed by atoms with Gasteiger partial charge in [-0.05, 0) is 18.3 Å². The number of hydrogen-bond acceptors (Lipinski definition) is 4. The molecule has 0 saturated carbocycles. The van der Waals surface area contributed by atoms with Crippen LogP contribution in [0.4, 0.5) is 4.39 Å². The Bertz CT molecular complexity index is 844. The second-order valence-electron chi connectivity index (χ2n) is 4.06. The highest BCUT2D eigenvalue weighted by Gasteiger charge is 2.16. The predicted molar refractivity (Wildman–Crippen MR) is 73.7 cm³/mol. The van der Waals surface area contributed by atoms with Crippen LogP contribution in [0.2, 0.25) is 5.02 Å². The minimum Gasteiger partial charge on any atom is -0.506 e. The third kappa shape index (κ3) is 2.06. The molecule has 0 radical (unpaired) electrons. The lowest BCUT2D eigenvalue weighted by Crippen LogP contribution is -2.43. The van der Waals surface area contributed by atoms with Crippen molar-refractivity contribution in [2.45, 2.75) is 0 Å². The van der Waals surface area contributed by atoms with E-state index in [0.717, 1.165) is 21.3 Å². The van der Waals surface area contributed by atoms with Crippen molar-refractivity contribution in [2.24, 2.45) is 14.1 Å². The molecule has 2 aromatic rings. The summed E-state index contributed by atoms with van der Waals surface area (Å²) in [7, 11) is 2.71. The topological polar surface area (TPSA) is 69.2 Å². The van der Waals surface area contributed by atoms with Crippen molar-refractivity contribution >= 4 is 23.8 Å². The summed E-state index contributed by atoms with van der Waals surface area (Å²) >= 11 is 10.5. The van der Waals surface area contributed by atoms with Gasteiger partial charge < -0.3 is 5.11 Å². The summed E-state index contributed by atoms with van der Waals surface area (Å²) in [4.78, 5) is 24.2. The van der Waals surface area contributed by atoms with Crippen LogP contribution in [0.15, 0.2) is 21.7 Å². The first-order valence-electron chi connectivity index (χ1n) is 5.33. The van der Waals surface area contributed by atoms with Crippen LogP contribution in [0.1, 0.15) is 0 Å². The number of aromatic hydroxyl groups is 1. The molecule has 106 valence electrons. The molecule has 0 bridgehead atoms. The molecule has 0 unspecified atom stereocenters. The van der Waals surface area contributed by atoms with Crippen molar-refractivity contribution < 1.29 is 9.50 Å². The lowest BCUT2D eigenvalue weighted by molar-refractivity contribution is 0.471. The van der Waals surface area contributed by atoms with E-state index in [4.69, 9.17) is 23.8 Å². The van der Waals surface area contributed by atoms with E-state index in [0.29, 0.717) is 4.57 Å². The zero-order chi connectivity index (χ0) is 15.2. The third-order valence-corrected chi connectivity index (χ3v) is 3.64. The molecule has 6 nitrogen and oxygen atoms in total. The number of hydrogen-bond donors (Lipinski definition) is 1. The molecule has 1 aromatic carbocycles. The van der Waals surface area contributed by atoms with Gasteiger partial charge in [-0.1, -0.05) is 11.6 Å². The van der Waals surface area contributed by atoms with Crippen LogP contribution >= 0.6 is 23.8 Å². The fourth-order valence-electron chi connectivity index (χ4n) is 1.67. The summed E-state index contributed by atoms with van der Waals surface area (Å²) in [5.41, 5.74) is -2.04. The summed E-state index contributed by atoms with van der Waals surface area (Å²) in [6.45, 7) is 0. The molecule has 9 heteroatoms. The quantitative estimate of drug-likeness (QED) is 0.800. The molecule has 0 aliphatic rings. The lowest BCUT2D eigenvalue weighted by atomic mass is 10.3. The SMILES string of the molecule is Cn1c(=S)n(C)c(=O)n(-c2cc(O)c(Cl)cc2F)c1=O. The highest BCUT2D eigenvalue weighted by molar-refractivity contribution is 7.71. The first-order chi connectivity index (χ1) is 9.25. The summed E-state index contributed by atoms with van der Waals surface area (Å²) in [5, 5.41) is 9.29. The Balaban J connectivity index is 2.99. The van der Waals surface area contributed by atoms with E-state index < -0.39 is 28.6 Å². The third-order valence-electron chi connectivity index (χ3n) is 2.79. The standard InChI is InChI=1S/C11H9ClFN3O3S/c1-14-9(18)16(10(19)15(2)11(14)20)7-4-8(17)5(12)3-6(7)13/h3-4,17H,1-2H3. The Labute approximate surface area is 121 Å². The largest absolute Gasteiger partial charge is 0.506 e. The van der Waals surface area contributed by atoms with Gasteiger partial charge in [0.25, 0.3) is 0 Å². The van der Waals surface area contributed by atoms with Crippen LogP contribution in [-0.2, 0) is 14.1 Å². The molecular weight excluding hydrogens is 309 g/mol. The van der Waals surface area contributed by atoms with Gasteiger partial charge in [0.05, 0.1) is 10.7 Å². The Kier molecular flexibility index (Phi) is 3.53. The van der Waals surface area contributed by atoms with Gasteiger partial charge in [0.15, 0.2) is 4.77 Å². The van der Waals surface area contributed by atoms with Crippen LogP contribution in [-0.4, -0.2) is 18.8 Å². The van der Waals surface area contributed by atoms with Gasteiger partial charge in [0.1, 0.15) is 11.6 Å². The maximum absolute atomic E-state index is 13.9. The molecule has 0 atom stereocenters. The van der Waals surface area contributed by atoms with Crippen molar-refractivity contribution in [3.05, 3.63) is 48.7 Å². The van der Waals surface area contributed by atoms with Gasteiger partial charge in [-0.3, -0.25) is 9.13 Å². The van der Waals surface area contributed by atoms with Crippen LogP contribution in [0.5, 0.6) is 5.75 Å². The number of aromatic nitrogens is 3. The van der Waals surface area contributed by atoms with Crippen molar-refractivity contribution in [2.75, 3.05) is 0 Å². The minimum atomic E-state index is -0.913. The first-order valence-corrected chi connectivity index (χ1v) is 6.11. The fraction of sp³-hybridized carbons (Fsp3) is 0.182. The van der Waals surface area contributed by atoms with E-state index in [2.05, 4.69) is 0 Å². The molecule has 1 N–H and O–H groups in total. The molecule has 0 aliphatic carbocycles. The number of rotatable bonds is 1. The number of nitrogens with zero attached hydrogens (tertiary/aromatic N) is 3. The van der Waals surface area contributed by atoms with Crippen molar-refractivity contribution in [3.8, 4) is 11.4 Å². The Morgan fingerprint density at radius 2 is 1.70 bits per heavy atom. The molecule has 0 spiro atoms. The van der Waals surface area contributed by atoms with Crippen molar-refractivity contribution in [1.82, 2.24) is 13.7 Å². The van der Waals surface area contributed by atoms with Gasteiger partial charge in [-0.25, -0.2) is 18.5 Å². The van der Waals surface area contributed by atoms with Crippen LogP contribution in [0.25, 0.3) is 5.69 Å². The summed E-state index contributed by atoms with van der Waals surface area (Å²) in [6, 6.07) is 1.73. The Morgan fingerprint density at radius 3 is 2.20 bits per heavy atom. The maximum Gasteiger partial charge on any atom is 0.338 e.